The van der Waals surface area contributed by atoms with Crippen LogP contribution in [-0.2, 0) is 0 Å². The number of hydrogen-bond acceptors (Lipinski definition) is 5. The van der Waals surface area contributed by atoms with Crippen LogP contribution in [0, 0.1) is 22.7 Å². The molecule has 4 atom stereocenters. The van der Waals surface area contributed by atoms with Crippen LogP contribution in [0.3, 0.4) is 0 Å². The van der Waals surface area contributed by atoms with Crippen molar-refractivity contribution >= 4 is 23.6 Å². The predicted molar refractivity (Wildman–Crippen MR) is 55.2 cm³/mol. The predicted octanol–water partition coefficient (Wildman–Crippen LogP) is 0.805. The standard InChI is InChI=1S/C8H14N4S/c1-3-5(9)6(10)4(2)8-7(3)11-13-12-8/h3-4,7-12H,1-2H3. The lowest BCUT2D eigenvalue weighted by atomic mass is 9.74. The summed E-state index contributed by atoms with van der Waals surface area (Å²) in [6.45, 7) is 4.03. The van der Waals surface area contributed by atoms with E-state index in [9.17, 15) is 0 Å². The first-order valence-corrected chi connectivity index (χ1v) is 5.28. The smallest absolute Gasteiger partial charge is 0.0569 e. The molecule has 0 aromatic carbocycles. The van der Waals surface area contributed by atoms with Crippen LogP contribution in [0.5, 0.6) is 0 Å². The molecule has 1 heterocycles. The van der Waals surface area contributed by atoms with Gasteiger partial charge in [-0.25, -0.2) is 9.44 Å². The van der Waals surface area contributed by atoms with E-state index in [1.54, 1.807) is 0 Å². The molecule has 1 saturated heterocycles. The quantitative estimate of drug-likeness (QED) is 0.435. The minimum Gasteiger partial charge on any atom is -0.303 e. The molecule has 72 valence electrons. The van der Waals surface area contributed by atoms with Gasteiger partial charge < -0.3 is 10.8 Å². The third-order valence-corrected chi connectivity index (χ3v) is 3.84. The molecule has 0 aromatic rings. The fourth-order valence-corrected chi connectivity index (χ4v) is 3.03. The molecule has 1 aliphatic heterocycles. The lowest BCUT2D eigenvalue weighted by Gasteiger charge is -2.35. The van der Waals surface area contributed by atoms with Crippen molar-refractivity contribution in [1.29, 1.82) is 10.8 Å². The number of hydrogen-bond donors (Lipinski definition) is 4. The molecule has 0 amide bonds. The molecule has 1 saturated carbocycles. The highest BCUT2D eigenvalue weighted by Gasteiger charge is 2.44. The van der Waals surface area contributed by atoms with Crippen LogP contribution >= 0.6 is 12.1 Å². The Morgan fingerprint density at radius 2 is 1.38 bits per heavy atom. The summed E-state index contributed by atoms with van der Waals surface area (Å²) in [5.41, 5.74) is 0.983. The summed E-state index contributed by atoms with van der Waals surface area (Å²) in [6.07, 6.45) is 0. The second-order valence-electron chi connectivity index (χ2n) is 3.79. The number of fused-ring (bicyclic) bond motifs is 1. The highest BCUT2D eigenvalue weighted by Crippen LogP contribution is 2.30. The summed E-state index contributed by atoms with van der Waals surface area (Å²) in [7, 11) is 0. The first-order valence-electron chi connectivity index (χ1n) is 4.47. The van der Waals surface area contributed by atoms with E-state index in [1.165, 1.54) is 12.1 Å². The van der Waals surface area contributed by atoms with Gasteiger partial charge in [0.25, 0.3) is 0 Å². The minimum atomic E-state index is 0.149. The molecule has 5 heteroatoms. The molecule has 13 heavy (non-hydrogen) atoms. The van der Waals surface area contributed by atoms with Crippen LogP contribution in [0.4, 0.5) is 0 Å². The summed E-state index contributed by atoms with van der Waals surface area (Å²) < 4.78 is 6.52. The van der Waals surface area contributed by atoms with E-state index in [4.69, 9.17) is 10.8 Å². The van der Waals surface area contributed by atoms with Gasteiger partial charge >= 0.3 is 0 Å². The highest BCUT2D eigenvalue weighted by atomic mass is 32.2. The first kappa shape index (κ1) is 9.18. The minimum absolute atomic E-state index is 0.149. The van der Waals surface area contributed by atoms with Crippen molar-refractivity contribution in [3.63, 3.8) is 0 Å². The van der Waals surface area contributed by atoms with Crippen LogP contribution in [0.15, 0.2) is 0 Å². The van der Waals surface area contributed by atoms with Crippen LogP contribution in [0.1, 0.15) is 13.8 Å². The fraction of sp³-hybridized carbons (Fsp3) is 0.750. The van der Waals surface area contributed by atoms with Gasteiger partial charge in [-0.3, -0.25) is 0 Å². The van der Waals surface area contributed by atoms with Gasteiger partial charge in [0, 0.05) is 36.1 Å². The average molecular weight is 198 g/mol. The maximum Gasteiger partial charge on any atom is 0.0569 e. The Labute approximate surface area is 82.1 Å². The van der Waals surface area contributed by atoms with Gasteiger partial charge in [-0.1, -0.05) is 13.8 Å². The average Bonchev–Trinajstić information content (AvgIpc) is 2.59. The van der Waals surface area contributed by atoms with E-state index in [0.717, 1.165) is 0 Å². The maximum atomic E-state index is 7.78. The molecule has 0 spiro atoms. The number of rotatable bonds is 0. The van der Waals surface area contributed by atoms with Crippen LogP contribution in [0.25, 0.3) is 0 Å². The van der Waals surface area contributed by atoms with Gasteiger partial charge in [-0.05, 0) is 0 Å². The maximum absolute atomic E-state index is 7.78. The Balaban J connectivity index is 2.29. The van der Waals surface area contributed by atoms with E-state index < -0.39 is 0 Å². The molecule has 2 fully saturated rings. The van der Waals surface area contributed by atoms with Gasteiger partial charge in [-0.2, -0.15) is 0 Å². The molecule has 0 aromatic heterocycles. The third-order valence-electron chi connectivity index (χ3n) is 3.06. The molecule has 4 unspecified atom stereocenters. The van der Waals surface area contributed by atoms with Crippen molar-refractivity contribution in [1.82, 2.24) is 9.44 Å². The van der Waals surface area contributed by atoms with E-state index in [-0.39, 0.29) is 11.8 Å². The normalized spacial score (nSPS) is 45.1. The summed E-state index contributed by atoms with van der Waals surface area (Å²) in [6, 6.07) is 0.614. The molecule has 4 N–H and O–H groups in total. The van der Waals surface area contributed by atoms with Gasteiger partial charge in [-0.15, -0.1) is 0 Å². The molecular formula is C8H14N4S. The van der Waals surface area contributed by atoms with Crippen LogP contribution in [-0.4, -0.2) is 23.5 Å². The largest absolute Gasteiger partial charge is 0.303 e. The zero-order chi connectivity index (χ0) is 9.59. The molecule has 2 rings (SSSR count). The Morgan fingerprint density at radius 3 is 1.77 bits per heavy atom. The third kappa shape index (κ3) is 1.22. The van der Waals surface area contributed by atoms with Gasteiger partial charge in [0.2, 0.25) is 0 Å². The van der Waals surface area contributed by atoms with Gasteiger partial charge in [0.05, 0.1) is 11.4 Å². The Bertz CT molecular complexity index is 239. The molecule has 4 nitrogen and oxygen atoms in total. The van der Waals surface area contributed by atoms with E-state index in [0.29, 0.717) is 23.5 Å². The summed E-state index contributed by atoms with van der Waals surface area (Å²) >= 11 is 1.50. The monoisotopic (exact) mass is 198 g/mol. The Kier molecular flexibility index (Phi) is 2.17. The van der Waals surface area contributed by atoms with Crippen molar-refractivity contribution in [2.24, 2.45) is 11.8 Å². The summed E-state index contributed by atoms with van der Waals surface area (Å²) in [5.74, 6) is 0.299. The highest BCUT2D eigenvalue weighted by molar-refractivity contribution is 7.95. The lowest BCUT2D eigenvalue weighted by molar-refractivity contribution is 0.386. The first-order chi connectivity index (χ1) is 6.13. The molecule has 0 radical (unpaired) electrons. The van der Waals surface area contributed by atoms with E-state index >= 15 is 0 Å². The van der Waals surface area contributed by atoms with E-state index in [1.807, 2.05) is 13.8 Å². The van der Waals surface area contributed by atoms with Gasteiger partial charge in [0.15, 0.2) is 0 Å². The van der Waals surface area contributed by atoms with Crippen LogP contribution in [0.2, 0.25) is 0 Å². The van der Waals surface area contributed by atoms with Gasteiger partial charge in [0.1, 0.15) is 0 Å². The summed E-state index contributed by atoms with van der Waals surface area (Å²) in [5, 5.41) is 15.6. The molecule has 2 aliphatic rings. The Morgan fingerprint density at radius 1 is 1.00 bits per heavy atom. The second-order valence-corrected chi connectivity index (χ2v) is 4.47. The zero-order valence-electron chi connectivity index (χ0n) is 7.72. The zero-order valence-corrected chi connectivity index (χ0v) is 8.53. The van der Waals surface area contributed by atoms with Crippen molar-refractivity contribution in [2.75, 3.05) is 0 Å². The fourth-order valence-electron chi connectivity index (χ4n) is 1.99. The number of nitrogens with one attached hydrogen (secondary N) is 4. The van der Waals surface area contributed by atoms with Crippen molar-refractivity contribution in [3.8, 4) is 0 Å². The molecule has 1 aliphatic carbocycles. The Hall–Kier alpha value is -0.390. The second kappa shape index (κ2) is 3.08. The van der Waals surface area contributed by atoms with Crippen molar-refractivity contribution in [2.45, 2.75) is 25.9 Å². The van der Waals surface area contributed by atoms with Crippen molar-refractivity contribution < 1.29 is 0 Å². The molecule has 0 bridgehead atoms. The van der Waals surface area contributed by atoms with Crippen molar-refractivity contribution in [3.05, 3.63) is 0 Å². The SMILES string of the molecule is CC1C(=N)C(=N)C(C)C2NSNC12. The van der Waals surface area contributed by atoms with Crippen LogP contribution < -0.4 is 9.44 Å². The molecular weight excluding hydrogens is 184 g/mol. The lowest BCUT2D eigenvalue weighted by Crippen LogP contribution is -2.55. The van der Waals surface area contributed by atoms with E-state index in [2.05, 4.69) is 9.44 Å². The summed E-state index contributed by atoms with van der Waals surface area (Å²) in [4.78, 5) is 0. The topological polar surface area (TPSA) is 71.8 Å².